The fourth-order valence-electron chi connectivity index (χ4n) is 1.74. The number of aromatic nitrogens is 4. The highest BCUT2D eigenvalue weighted by Gasteiger charge is 2.34. The number of hydrogen-bond acceptors (Lipinski definition) is 4. The molecule has 9 heteroatoms. The third kappa shape index (κ3) is 4.15. The van der Waals surface area contributed by atoms with E-state index >= 15 is 0 Å². The summed E-state index contributed by atoms with van der Waals surface area (Å²) in [6.45, 7) is -0.0628. The minimum atomic E-state index is -4.51. The Morgan fingerprint density at radius 3 is 2.48 bits per heavy atom. The largest absolute Gasteiger partial charge is 0.434 e. The van der Waals surface area contributed by atoms with Gasteiger partial charge in [-0.25, -0.2) is 15.0 Å². The Labute approximate surface area is 123 Å². The highest BCUT2D eigenvalue weighted by molar-refractivity contribution is 6.30. The molecular formula is C12H12ClF3N4O. The van der Waals surface area contributed by atoms with Gasteiger partial charge in [0.1, 0.15) is 11.6 Å². The van der Waals surface area contributed by atoms with Gasteiger partial charge in [0.25, 0.3) is 0 Å². The van der Waals surface area contributed by atoms with Crippen LogP contribution >= 0.6 is 11.6 Å². The molecule has 2 aromatic rings. The van der Waals surface area contributed by atoms with Crippen molar-refractivity contribution in [3.05, 3.63) is 41.0 Å². The van der Waals surface area contributed by atoms with Gasteiger partial charge in [-0.1, -0.05) is 11.6 Å². The lowest BCUT2D eigenvalue weighted by Crippen LogP contribution is -2.07. The van der Waals surface area contributed by atoms with E-state index in [2.05, 4.69) is 15.0 Å². The molecule has 0 fully saturated rings. The van der Waals surface area contributed by atoms with Crippen molar-refractivity contribution in [3.63, 3.8) is 0 Å². The summed E-state index contributed by atoms with van der Waals surface area (Å²) in [4.78, 5) is 11.5. The van der Waals surface area contributed by atoms with Crippen LogP contribution in [0.1, 0.15) is 23.8 Å². The van der Waals surface area contributed by atoms with E-state index in [0.29, 0.717) is 17.3 Å². The molecule has 2 rings (SSSR count). The van der Waals surface area contributed by atoms with E-state index in [0.717, 1.165) is 6.20 Å². The van der Waals surface area contributed by atoms with E-state index in [1.807, 2.05) is 0 Å². The molecule has 2 aromatic heterocycles. The maximum absolute atomic E-state index is 12.7. The maximum Gasteiger partial charge on any atom is 0.434 e. The molecule has 0 spiro atoms. The number of aliphatic hydroxyl groups excluding tert-OH is 1. The molecular weight excluding hydrogens is 309 g/mol. The molecule has 1 N–H and O–H groups in total. The molecule has 0 unspecified atom stereocenters. The summed E-state index contributed by atoms with van der Waals surface area (Å²) in [5, 5.41) is 9.15. The summed E-state index contributed by atoms with van der Waals surface area (Å²) in [5.41, 5.74) is -0.968. The van der Waals surface area contributed by atoms with Gasteiger partial charge in [0, 0.05) is 31.6 Å². The van der Waals surface area contributed by atoms with Crippen molar-refractivity contribution in [1.82, 2.24) is 19.5 Å². The van der Waals surface area contributed by atoms with Gasteiger partial charge < -0.3 is 9.67 Å². The number of aryl methyl sites for hydroxylation is 1. The quantitative estimate of drug-likeness (QED) is 0.918. The van der Waals surface area contributed by atoms with Crippen molar-refractivity contribution < 1.29 is 18.3 Å². The summed E-state index contributed by atoms with van der Waals surface area (Å²) in [6.07, 6.45) is -0.279. The molecule has 0 atom stereocenters. The van der Waals surface area contributed by atoms with Crippen LogP contribution < -0.4 is 0 Å². The molecule has 0 aliphatic heterocycles. The Morgan fingerprint density at radius 1 is 1.24 bits per heavy atom. The van der Waals surface area contributed by atoms with Crippen molar-refractivity contribution >= 4 is 11.6 Å². The lowest BCUT2D eigenvalue weighted by Gasteiger charge is -2.06. The lowest BCUT2D eigenvalue weighted by atomic mass is 10.3. The average Bonchev–Trinajstić information content (AvgIpc) is 2.82. The van der Waals surface area contributed by atoms with Gasteiger partial charge in [0.15, 0.2) is 5.69 Å². The van der Waals surface area contributed by atoms with E-state index in [1.54, 1.807) is 0 Å². The minimum Gasteiger partial charge on any atom is -0.396 e. The fraction of sp³-hybridized carbons (Fsp3) is 0.417. The van der Waals surface area contributed by atoms with Crippen LogP contribution in [0.15, 0.2) is 18.6 Å². The molecule has 0 amide bonds. The molecule has 0 radical (unpaired) electrons. The van der Waals surface area contributed by atoms with Gasteiger partial charge in [-0.05, 0) is 6.42 Å². The number of aliphatic hydroxyl groups is 1. The van der Waals surface area contributed by atoms with Gasteiger partial charge in [-0.3, -0.25) is 0 Å². The third-order valence-electron chi connectivity index (χ3n) is 2.69. The number of nitrogens with zero attached hydrogens (tertiary/aromatic N) is 4. The first-order valence-electron chi connectivity index (χ1n) is 6.10. The Morgan fingerprint density at radius 2 is 1.90 bits per heavy atom. The molecule has 0 aliphatic carbocycles. The maximum atomic E-state index is 12.7. The molecule has 114 valence electrons. The first-order valence-corrected chi connectivity index (χ1v) is 6.48. The van der Waals surface area contributed by atoms with E-state index in [9.17, 15) is 13.2 Å². The smallest absolute Gasteiger partial charge is 0.396 e. The predicted octanol–water partition coefficient (Wildman–Crippen LogP) is 2.32. The second kappa shape index (κ2) is 6.40. The Kier molecular flexibility index (Phi) is 4.79. The normalized spacial score (nSPS) is 11.9. The SMILES string of the molecule is OCCCc1nc(C(F)(F)F)cn1Cc1ncc(Cl)cn1. The molecule has 0 aromatic carbocycles. The second-order valence-electron chi connectivity index (χ2n) is 4.31. The summed E-state index contributed by atoms with van der Waals surface area (Å²) in [6, 6.07) is 0. The zero-order chi connectivity index (χ0) is 15.5. The summed E-state index contributed by atoms with van der Waals surface area (Å²) in [7, 11) is 0. The van der Waals surface area contributed by atoms with Crippen molar-refractivity contribution in [3.8, 4) is 0 Å². The summed E-state index contributed by atoms with van der Waals surface area (Å²) >= 11 is 5.66. The monoisotopic (exact) mass is 320 g/mol. The molecule has 5 nitrogen and oxygen atoms in total. The topological polar surface area (TPSA) is 63.8 Å². The van der Waals surface area contributed by atoms with Gasteiger partial charge >= 0.3 is 6.18 Å². The van der Waals surface area contributed by atoms with Gasteiger partial charge in [0.2, 0.25) is 0 Å². The highest BCUT2D eigenvalue weighted by atomic mass is 35.5. The Bertz CT molecular complexity index is 598. The van der Waals surface area contributed by atoms with Crippen LogP contribution in [0.3, 0.4) is 0 Å². The number of rotatable bonds is 5. The molecule has 0 saturated heterocycles. The molecule has 0 bridgehead atoms. The number of alkyl halides is 3. The first kappa shape index (κ1) is 15.7. The lowest BCUT2D eigenvalue weighted by molar-refractivity contribution is -0.141. The van der Waals surface area contributed by atoms with Crippen LogP contribution in [0.4, 0.5) is 13.2 Å². The average molecular weight is 321 g/mol. The highest BCUT2D eigenvalue weighted by Crippen LogP contribution is 2.28. The Balaban J connectivity index is 2.27. The molecule has 0 aliphatic rings. The van der Waals surface area contributed by atoms with Crippen molar-refractivity contribution in [2.45, 2.75) is 25.6 Å². The number of imidazole rings is 1. The summed E-state index contributed by atoms with van der Waals surface area (Å²) < 4.78 is 39.5. The minimum absolute atomic E-state index is 0.0566. The second-order valence-corrected chi connectivity index (χ2v) is 4.75. The Hall–Kier alpha value is -1.67. The van der Waals surface area contributed by atoms with Gasteiger partial charge in [-0.2, -0.15) is 13.2 Å². The van der Waals surface area contributed by atoms with Crippen LogP contribution in [0.5, 0.6) is 0 Å². The van der Waals surface area contributed by atoms with E-state index < -0.39 is 11.9 Å². The third-order valence-corrected chi connectivity index (χ3v) is 2.89. The summed E-state index contributed by atoms with van der Waals surface area (Å²) in [5.74, 6) is 0.561. The van der Waals surface area contributed by atoms with Crippen LogP contribution in [0, 0.1) is 0 Å². The van der Waals surface area contributed by atoms with E-state index in [4.69, 9.17) is 16.7 Å². The van der Waals surface area contributed by atoms with E-state index in [-0.39, 0.29) is 25.4 Å². The zero-order valence-corrected chi connectivity index (χ0v) is 11.6. The van der Waals surface area contributed by atoms with Crippen LogP contribution in [0.25, 0.3) is 0 Å². The van der Waals surface area contributed by atoms with Crippen LogP contribution in [-0.4, -0.2) is 31.2 Å². The van der Waals surface area contributed by atoms with Crippen molar-refractivity contribution in [2.75, 3.05) is 6.61 Å². The molecule has 21 heavy (non-hydrogen) atoms. The van der Waals surface area contributed by atoms with Crippen molar-refractivity contribution in [2.24, 2.45) is 0 Å². The first-order chi connectivity index (χ1) is 9.90. The van der Waals surface area contributed by atoms with Gasteiger partial charge in [0.05, 0.1) is 11.6 Å². The van der Waals surface area contributed by atoms with E-state index in [1.165, 1.54) is 17.0 Å². The number of halogens is 4. The number of hydrogen-bond donors (Lipinski definition) is 1. The van der Waals surface area contributed by atoms with Crippen LogP contribution in [-0.2, 0) is 19.1 Å². The van der Waals surface area contributed by atoms with Crippen molar-refractivity contribution in [1.29, 1.82) is 0 Å². The van der Waals surface area contributed by atoms with Gasteiger partial charge in [-0.15, -0.1) is 0 Å². The zero-order valence-electron chi connectivity index (χ0n) is 10.8. The fourth-order valence-corrected chi connectivity index (χ4v) is 1.84. The predicted molar refractivity (Wildman–Crippen MR) is 68.8 cm³/mol. The molecule has 2 heterocycles. The standard InChI is InChI=1S/C12H12ClF3N4O/c13-8-4-17-10(18-5-8)7-20-6-9(12(14,15)16)19-11(20)2-1-3-21/h4-6,21H,1-3,7H2. The van der Waals surface area contributed by atoms with Crippen LogP contribution in [0.2, 0.25) is 5.02 Å². The molecule has 0 saturated carbocycles.